The fourth-order valence-electron chi connectivity index (χ4n) is 4.52. The molecule has 3 aliphatic rings. The van der Waals surface area contributed by atoms with E-state index in [1.807, 2.05) is 12.2 Å². The third-order valence-corrected chi connectivity index (χ3v) is 8.38. The molecule has 2 saturated heterocycles. The smallest absolute Gasteiger partial charge is 0.308 e. The standard InChI is InChI=1S/C23H27N3O7S/c27-20(24-12-14-25(15-13-24)34(31,32)17-6-2-1-3-7-17)16-33-21(28)10-11-26-22(29)18-8-4-5-9-19(18)23(26)30/h1-7,18-19H,8-16H2/t18-,19-/m1/s1. The Bertz CT molecular complexity index is 1070. The van der Waals surface area contributed by atoms with Crippen LogP contribution in [0.25, 0.3) is 0 Å². The van der Waals surface area contributed by atoms with Gasteiger partial charge < -0.3 is 9.64 Å². The zero-order valence-corrected chi connectivity index (χ0v) is 19.5. The van der Waals surface area contributed by atoms with Crippen molar-refractivity contribution in [1.82, 2.24) is 14.1 Å². The summed E-state index contributed by atoms with van der Waals surface area (Å²) < 4.78 is 31.7. The van der Waals surface area contributed by atoms with E-state index in [0.29, 0.717) is 12.8 Å². The highest BCUT2D eigenvalue weighted by atomic mass is 32.2. The molecule has 1 aromatic carbocycles. The number of carbonyl (C=O) groups excluding carboxylic acids is 4. The Labute approximate surface area is 198 Å². The van der Waals surface area contributed by atoms with Crippen LogP contribution in [-0.2, 0) is 33.9 Å². The highest BCUT2D eigenvalue weighted by molar-refractivity contribution is 7.89. The molecule has 0 N–H and O–H groups in total. The summed E-state index contributed by atoms with van der Waals surface area (Å²) in [7, 11) is -3.62. The lowest BCUT2D eigenvalue weighted by molar-refractivity contribution is -0.153. The van der Waals surface area contributed by atoms with Crippen LogP contribution in [0.1, 0.15) is 19.3 Å². The fraction of sp³-hybridized carbons (Fsp3) is 0.478. The summed E-state index contributed by atoms with van der Waals surface area (Å²) in [4.78, 5) is 52.2. The first-order valence-corrected chi connectivity index (χ1v) is 12.7. The van der Waals surface area contributed by atoms with E-state index in [0.717, 1.165) is 4.90 Å². The number of sulfonamides is 1. The predicted molar refractivity (Wildman–Crippen MR) is 119 cm³/mol. The maximum Gasteiger partial charge on any atom is 0.308 e. The number of amides is 3. The number of esters is 1. The van der Waals surface area contributed by atoms with Crippen LogP contribution in [0.4, 0.5) is 0 Å². The molecule has 0 saturated carbocycles. The van der Waals surface area contributed by atoms with Crippen molar-refractivity contribution in [2.45, 2.75) is 24.2 Å². The number of carbonyl (C=O) groups is 4. The van der Waals surface area contributed by atoms with E-state index < -0.39 is 28.5 Å². The maximum absolute atomic E-state index is 12.7. The molecular weight excluding hydrogens is 462 g/mol. The Hall–Kier alpha value is -3.05. The van der Waals surface area contributed by atoms with Gasteiger partial charge in [0.2, 0.25) is 21.8 Å². The number of imide groups is 1. The second kappa shape index (κ2) is 10.1. The first kappa shape index (κ1) is 24.1. The van der Waals surface area contributed by atoms with Crippen molar-refractivity contribution in [1.29, 1.82) is 0 Å². The van der Waals surface area contributed by atoms with Gasteiger partial charge in [-0.15, -0.1) is 0 Å². The van der Waals surface area contributed by atoms with Crippen molar-refractivity contribution in [3.8, 4) is 0 Å². The van der Waals surface area contributed by atoms with Crippen molar-refractivity contribution >= 4 is 33.7 Å². The number of hydrogen-bond acceptors (Lipinski definition) is 7. The van der Waals surface area contributed by atoms with E-state index >= 15 is 0 Å². The minimum atomic E-state index is -3.62. The van der Waals surface area contributed by atoms with E-state index in [4.69, 9.17) is 4.74 Å². The molecule has 0 unspecified atom stereocenters. The minimum absolute atomic E-state index is 0.0618. The van der Waals surface area contributed by atoms with Gasteiger partial charge in [0, 0.05) is 32.7 Å². The molecule has 1 aliphatic carbocycles. The third-order valence-electron chi connectivity index (χ3n) is 6.47. The Balaban J connectivity index is 1.20. The SMILES string of the molecule is O=C(CCN1C(=O)[C@@H]2CC=CC[C@H]2C1=O)OCC(=O)N1CCN(S(=O)(=O)c2ccccc2)CC1. The molecule has 0 radical (unpaired) electrons. The summed E-state index contributed by atoms with van der Waals surface area (Å²) >= 11 is 0. The first-order valence-electron chi connectivity index (χ1n) is 11.3. The van der Waals surface area contributed by atoms with E-state index in [1.165, 1.54) is 21.3 Å². The number of likely N-dealkylation sites (tertiary alicyclic amines) is 1. The van der Waals surface area contributed by atoms with E-state index in [-0.39, 0.29) is 67.7 Å². The average molecular weight is 490 g/mol. The molecule has 2 atom stereocenters. The van der Waals surface area contributed by atoms with Gasteiger partial charge in [-0.3, -0.25) is 24.1 Å². The second-order valence-corrected chi connectivity index (χ2v) is 10.4. The summed E-state index contributed by atoms with van der Waals surface area (Å²) in [6.07, 6.45) is 4.68. The zero-order valence-electron chi connectivity index (χ0n) is 18.7. The molecule has 3 amide bonds. The first-order chi connectivity index (χ1) is 16.3. The van der Waals surface area contributed by atoms with Gasteiger partial charge in [0.05, 0.1) is 23.2 Å². The predicted octanol–water partition coefficient (Wildman–Crippen LogP) is 0.404. The van der Waals surface area contributed by atoms with Gasteiger partial charge in [-0.1, -0.05) is 30.4 Å². The van der Waals surface area contributed by atoms with Gasteiger partial charge >= 0.3 is 5.97 Å². The van der Waals surface area contributed by atoms with Crippen LogP contribution in [0, 0.1) is 11.8 Å². The van der Waals surface area contributed by atoms with Crippen molar-refractivity contribution in [2.24, 2.45) is 11.8 Å². The third kappa shape index (κ3) is 4.90. The van der Waals surface area contributed by atoms with Crippen LogP contribution in [0.3, 0.4) is 0 Å². The molecule has 11 heteroatoms. The number of fused-ring (bicyclic) bond motifs is 1. The summed E-state index contributed by atoms with van der Waals surface area (Å²) in [5.41, 5.74) is 0. The molecule has 1 aromatic rings. The largest absolute Gasteiger partial charge is 0.456 e. The molecule has 0 bridgehead atoms. The molecule has 10 nitrogen and oxygen atoms in total. The summed E-state index contributed by atoms with van der Waals surface area (Å²) in [5.74, 6) is -2.31. The molecule has 2 aliphatic heterocycles. The highest BCUT2D eigenvalue weighted by Crippen LogP contribution is 2.35. The van der Waals surface area contributed by atoms with Crippen molar-refractivity contribution < 1.29 is 32.3 Å². The van der Waals surface area contributed by atoms with Crippen molar-refractivity contribution in [3.63, 3.8) is 0 Å². The second-order valence-electron chi connectivity index (χ2n) is 8.49. The average Bonchev–Trinajstić information content (AvgIpc) is 3.11. The van der Waals surface area contributed by atoms with Crippen LogP contribution >= 0.6 is 0 Å². The van der Waals surface area contributed by atoms with E-state index in [9.17, 15) is 27.6 Å². The molecule has 182 valence electrons. The normalized spacial score (nSPS) is 23.2. The molecule has 34 heavy (non-hydrogen) atoms. The lowest BCUT2D eigenvalue weighted by Gasteiger charge is -2.33. The Kier molecular flexibility index (Phi) is 7.13. The van der Waals surface area contributed by atoms with Crippen LogP contribution in [0.5, 0.6) is 0 Å². The molecule has 0 aromatic heterocycles. The van der Waals surface area contributed by atoms with Crippen LogP contribution in [0.15, 0.2) is 47.4 Å². The number of allylic oxidation sites excluding steroid dienone is 2. The van der Waals surface area contributed by atoms with Gasteiger partial charge in [0.15, 0.2) is 6.61 Å². The summed E-state index contributed by atoms with van der Waals surface area (Å²) in [6.45, 7) is 0.141. The zero-order chi connectivity index (χ0) is 24.3. The van der Waals surface area contributed by atoms with Gasteiger partial charge in [0.1, 0.15) is 0 Å². The van der Waals surface area contributed by atoms with Gasteiger partial charge in [-0.2, -0.15) is 4.31 Å². The number of hydrogen-bond donors (Lipinski definition) is 0. The van der Waals surface area contributed by atoms with E-state index in [1.54, 1.807) is 18.2 Å². The number of benzene rings is 1. The number of piperazine rings is 1. The lowest BCUT2D eigenvalue weighted by atomic mass is 9.85. The van der Waals surface area contributed by atoms with E-state index in [2.05, 4.69) is 0 Å². The highest BCUT2D eigenvalue weighted by Gasteiger charge is 2.47. The summed E-state index contributed by atoms with van der Waals surface area (Å²) in [5, 5.41) is 0. The Morgan fingerprint density at radius 2 is 1.50 bits per heavy atom. The Morgan fingerprint density at radius 1 is 0.912 bits per heavy atom. The molecular formula is C23H27N3O7S. The lowest BCUT2D eigenvalue weighted by Crippen LogP contribution is -2.51. The number of rotatable bonds is 7. The van der Waals surface area contributed by atoms with Crippen LogP contribution in [0.2, 0.25) is 0 Å². The monoisotopic (exact) mass is 489 g/mol. The molecule has 2 fully saturated rings. The quantitative estimate of drug-likeness (QED) is 0.309. The molecule has 2 heterocycles. The van der Waals surface area contributed by atoms with Gasteiger partial charge in [-0.05, 0) is 25.0 Å². The Morgan fingerprint density at radius 3 is 2.09 bits per heavy atom. The van der Waals surface area contributed by atoms with Crippen molar-refractivity contribution in [2.75, 3.05) is 39.3 Å². The van der Waals surface area contributed by atoms with Gasteiger partial charge in [0.25, 0.3) is 5.91 Å². The molecule has 0 spiro atoms. The van der Waals surface area contributed by atoms with Gasteiger partial charge in [-0.25, -0.2) is 8.42 Å². The topological polar surface area (TPSA) is 121 Å². The number of nitrogens with zero attached hydrogens (tertiary/aromatic N) is 3. The van der Waals surface area contributed by atoms with Crippen LogP contribution < -0.4 is 0 Å². The van der Waals surface area contributed by atoms with Crippen molar-refractivity contribution in [3.05, 3.63) is 42.5 Å². The molecule has 4 rings (SSSR count). The number of ether oxygens (including phenoxy) is 1. The van der Waals surface area contributed by atoms with Crippen LogP contribution in [-0.4, -0.2) is 85.5 Å². The maximum atomic E-state index is 12.7. The summed E-state index contributed by atoms with van der Waals surface area (Å²) in [6, 6.07) is 8.10. The fourth-order valence-corrected chi connectivity index (χ4v) is 5.96. The minimum Gasteiger partial charge on any atom is -0.456 e.